The highest BCUT2D eigenvalue weighted by molar-refractivity contribution is 5.21. The van der Waals surface area contributed by atoms with Crippen LogP contribution >= 0.6 is 0 Å². The van der Waals surface area contributed by atoms with Crippen molar-refractivity contribution in [1.82, 2.24) is 10.3 Å². The summed E-state index contributed by atoms with van der Waals surface area (Å²) in [4.78, 5) is 4.44. The topological polar surface area (TPSA) is 43.4 Å². The van der Waals surface area contributed by atoms with Crippen molar-refractivity contribution in [1.29, 1.82) is 0 Å². The number of aromatic nitrogens is 1. The molecule has 1 heterocycles. The van der Waals surface area contributed by atoms with Gasteiger partial charge in [0.1, 0.15) is 5.75 Å². The minimum Gasteiger partial charge on any atom is -0.492 e. The highest BCUT2D eigenvalue weighted by Gasteiger charge is 2.16. The molecule has 0 fully saturated rings. The van der Waals surface area contributed by atoms with E-state index in [0.29, 0.717) is 12.6 Å². The molecule has 0 saturated heterocycles. The van der Waals surface area contributed by atoms with Gasteiger partial charge in [0, 0.05) is 19.6 Å². The first kappa shape index (κ1) is 15.9. The van der Waals surface area contributed by atoms with Gasteiger partial charge in [0.2, 0.25) is 0 Å². The second-order valence-electron chi connectivity index (χ2n) is 5.23. The van der Waals surface area contributed by atoms with E-state index in [1.165, 1.54) is 0 Å². The van der Waals surface area contributed by atoms with Crippen molar-refractivity contribution in [3.63, 3.8) is 0 Å². The summed E-state index contributed by atoms with van der Waals surface area (Å²) in [6.45, 7) is 6.87. The van der Waals surface area contributed by atoms with Gasteiger partial charge in [-0.3, -0.25) is 4.98 Å². The van der Waals surface area contributed by atoms with Gasteiger partial charge in [0.05, 0.1) is 24.1 Å². The minimum atomic E-state index is -0.146. The van der Waals surface area contributed by atoms with Gasteiger partial charge in [0.15, 0.2) is 0 Å². The summed E-state index contributed by atoms with van der Waals surface area (Å²) in [6, 6.07) is 4.30. The van der Waals surface area contributed by atoms with Gasteiger partial charge in [0.25, 0.3) is 0 Å². The van der Waals surface area contributed by atoms with Crippen LogP contribution < -0.4 is 10.1 Å². The van der Waals surface area contributed by atoms with Gasteiger partial charge >= 0.3 is 0 Å². The first-order valence-electron chi connectivity index (χ1n) is 6.83. The van der Waals surface area contributed by atoms with Crippen molar-refractivity contribution in [2.45, 2.75) is 45.3 Å². The molecule has 0 radical (unpaired) electrons. The third kappa shape index (κ3) is 5.17. The Hall–Kier alpha value is -1.13. The summed E-state index contributed by atoms with van der Waals surface area (Å²) in [6.07, 6.45) is 3.65. The average molecular weight is 266 g/mol. The Morgan fingerprint density at radius 2 is 2.11 bits per heavy atom. The van der Waals surface area contributed by atoms with Gasteiger partial charge in [-0.2, -0.15) is 0 Å². The van der Waals surface area contributed by atoms with Gasteiger partial charge in [-0.25, -0.2) is 0 Å². The lowest BCUT2D eigenvalue weighted by Gasteiger charge is -2.22. The van der Waals surface area contributed by atoms with Crippen LogP contribution in [0.1, 0.15) is 45.3 Å². The summed E-state index contributed by atoms with van der Waals surface area (Å²) in [5.41, 5.74) is 0.905. The van der Waals surface area contributed by atoms with E-state index in [1.807, 2.05) is 19.2 Å². The molecule has 0 amide bonds. The predicted octanol–water partition coefficient (Wildman–Crippen LogP) is 2.95. The minimum absolute atomic E-state index is 0.146. The number of ether oxygens (including phenoxy) is 2. The molecule has 1 rings (SSSR count). The molecule has 1 atom stereocenters. The third-order valence-corrected chi connectivity index (χ3v) is 3.40. The second kappa shape index (κ2) is 7.46. The van der Waals surface area contributed by atoms with Crippen LogP contribution in [0, 0.1) is 0 Å². The Kier molecular flexibility index (Phi) is 6.25. The molecule has 1 aromatic heterocycles. The molecule has 4 nitrogen and oxygen atoms in total. The highest BCUT2D eigenvalue weighted by Crippen LogP contribution is 2.18. The third-order valence-electron chi connectivity index (χ3n) is 3.40. The zero-order valence-corrected chi connectivity index (χ0v) is 12.7. The summed E-state index contributed by atoms with van der Waals surface area (Å²) < 4.78 is 11.0. The van der Waals surface area contributed by atoms with E-state index in [9.17, 15) is 0 Å². The molecule has 0 aliphatic rings. The number of hydrogen-bond donors (Lipinski definition) is 1. The lowest BCUT2D eigenvalue weighted by atomic mass is 10.1. The maximum absolute atomic E-state index is 5.68. The Morgan fingerprint density at radius 1 is 1.37 bits per heavy atom. The van der Waals surface area contributed by atoms with E-state index < -0.39 is 0 Å². The van der Waals surface area contributed by atoms with E-state index in [-0.39, 0.29) is 5.60 Å². The predicted molar refractivity (Wildman–Crippen MR) is 77.5 cm³/mol. The van der Waals surface area contributed by atoms with E-state index >= 15 is 0 Å². The molecule has 1 aromatic rings. The fourth-order valence-electron chi connectivity index (χ4n) is 1.76. The molecule has 0 spiro atoms. The van der Waals surface area contributed by atoms with E-state index in [1.54, 1.807) is 13.3 Å². The van der Waals surface area contributed by atoms with Gasteiger partial charge in [-0.15, -0.1) is 0 Å². The van der Waals surface area contributed by atoms with Crippen molar-refractivity contribution in [2.24, 2.45) is 0 Å². The second-order valence-corrected chi connectivity index (χ2v) is 5.23. The first-order valence-corrected chi connectivity index (χ1v) is 6.83. The van der Waals surface area contributed by atoms with Gasteiger partial charge in [-0.05, 0) is 39.4 Å². The van der Waals surface area contributed by atoms with Crippen LogP contribution in [0.3, 0.4) is 0 Å². The normalized spacial score (nSPS) is 13.3. The Balaban J connectivity index is 2.49. The first-order chi connectivity index (χ1) is 9.02. The molecule has 0 saturated carbocycles. The molecule has 0 aliphatic heterocycles. The lowest BCUT2D eigenvalue weighted by Crippen LogP contribution is -2.25. The smallest absolute Gasteiger partial charge is 0.137 e. The molecule has 0 aliphatic carbocycles. The largest absolute Gasteiger partial charge is 0.492 e. The zero-order valence-electron chi connectivity index (χ0n) is 12.7. The van der Waals surface area contributed by atoms with Crippen molar-refractivity contribution < 1.29 is 9.47 Å². The molecule has 4 heteroatoms. The van der Waals surface area contributed by atoms with Crippen LogP contribution in [-0.2, 0) is 4.74 Å². The monoisotopic (exact) mass is 266 g/mol. The van der Waals surface area contributed by atoms with E-state index in [2.05, 4.69) is 31.1 Å². The molecule has 108 valence electrons. The standard InChI is InChI=1S/C15H26N2O2/c1-6-13(16-4)14-8-7-12(11-17-14)19-10-9-15(2,3)18-5/h7-8,11,13,16H,6,9-10H2,1-5H3. The number of hydrogen-bond acceptors (Lipinski definition) is 4. The quantitative estimate of drug-likeness (QED) is 0.785. The summed E-state index contributed by atoms with van der Waals surface area (Å²) in [5, 5.41) is 3.24. The maximum atomic E-state index is 5.68. The number of nitrogens with one attached hydrogen (secondary N) is 1. The summed E-state index contributed by atoms with van der Waals surface area (Å²) in [5.74, 6) is 0.807. The summed E-state index contributed by atoms with van der Waals surface area (Å²) in [7, 11) is 3.67. The Labute approximate surface area is 116 Å². The number of rotatable bonds is 8. The molecule has 1 unspecified atom stereocenters. The van der Waals surface area contributed by atoms with E-state index in [0.717, 1.165) is 24.3 Å². The number of pyridine rings is 1. The number of nitrogens with zero attached hydrogens (tertiary/aromatic N) is 1. The highest BCUT2D eigenvalue weighted by atomic mass is 16.5. The Morgan fingerprint density at radius 3 is 2.58 bits per heavy atom. The number of methoxy groups -OCH3 is 1. The van der Waals surface area contributed by atoms with Crippen molar-refractivity contribution >= 4 is 0 Å². The SMILES string of the molecule is CCC(NC)c1ccc(OCCC(C)(C)OC)cn1. The zero-order chi connectivity index (χ0) is 14.3. The van der Waals surface area contributed by atoms with Crippen molar-refractivity contribution in [3.05, 3.63) is 24.0 Å². The van der Waals surface area contributed by atoms with Crippen molar-refractivity contribution in [3.8, 4) is 5.75 Å². The van der Waals surface area contributed by atoms with Crippen LogP contribution in [0.15, 0.2) is 18.3 Å². The van der Waals surface area contributed by atoms with Crippen LogP contribution in [0.5, 0.6) is 5.75 Å². The average Bonchev–Trinajstić information content (AvgIpc) is 2.42. The molecule has 1 N–H and O–H groups in total. The fourth-order valence-corrected chi connectivity index (χ4v) is 1.76. The lowest BCUT2D eigenvalue weighted by molar-refractivity contribution is 0.00542. The molecule has 0 bridgehead atoms. The van der Waals surface area contributed by atoms with Crippen LogP contribution in [0.2, 0.25) is 0 Å². The maximum Gasteiger partial charge on any atom is 0.137 e. The molecule has 19 heavy (non-hydrogen) atoms. The van der Waals surface area contributed by atoms with Crippen LogP contribution in [0.25, 0.3) is 0 Å². The van der Waals surface area contributed by atoms with Crippen molar-refractivity contribution in [2.75, 3.05) is 20.8 Å². The fraction of sp³-hybridized carbons (Fsp3) is 0.667. The molecular weight excluding hydrogens is 240 g/mol. The molecular formula is C15H26N2O2. The van der Waals surface area contributed by atoms with E-state index in [4.69, 9.17) is 9.47 Å². The van der Waals surface area contributed by atoms with Gasteiger partial charge in [-0.1, -0.05) is 6.92 Å². The molecule has 0 aromatic carbocycles. The van der Waals surface area contributed by atoms with Gasteiger partial charge < -0.3 is 14.8 Å². The summed E-state index contributed by atoms with van der Waals surface area (Å²) >= 11 is 0. The Bertz CT molecular complexity index is 359. The van der Waals surface area contributed by atoms with Crippen LogP contribution in [-0.4, -0.2) is 31.3 Å². The van der Waals surface area contributed by atoms with Crippen LogP contribution in [0.4, 0.5) is 0 Å².